The van der Waals surface area contributed by atoms with Gasteiger partial charge in [-0.2, -0.15) is 5.10 Å². The number of carbonyl (C=O) groups is 1. The lowest BCUT2D eigenvalue weighted by molar-refractivity contribution is -0.152. The first-order chi connectivity index (χ1) is 17.7. The number of pyridine rings is 1. The first kappa shape index (κ1) is 25.4. The molecule has 37 heavy (non-hydrogen) atoms. The molecular formula is C27H29ClFN5O3. The van der Waals surface area contributed by atoms with E-state index in [9.17, 15) is 19.1 Å². The Kier molecular flexibility index (Phi) is 6.76. The van der Waals surface area contributed by atoms with Gasteiger partial charge in [-0.15, -0.1) is 0 Å². The Labute approximate surface area is 219 Å². The summed E-state index contributed by atoms with van der Waals surface area (Å²) in [6.45, 7) is 5.51. The highest BCUT2D eigenvalue weighted by Gasteiger charge is 2.49. The predicted octanol–water partition coefficient (Wildman–Crippen LogP) is 3.18. The van der Waals surface area contributed by atoms with E-state index in [0.717, 1.165) is 11.8 Å². The lowest BCUT2D eigenvalue weighted by atomic mass is 9.70. The third-order valence-electron chi connectivity index (χ3n) is 7.87. The summed E-state index contributed by atoms with van der Waals surface area (Å²) in [7, 11) is 0. The summed E-state index contributed by atoms with van der Waals surface area (Å²) in [6, 6.07) is 13.2. The van der Waals surface area contributed by atoms with Crippen LogP contribution in [-0.2, 0) is 10.4 Å². The molecule has 5 atom stereocenters. The molecule has 2 saturated heterocycles. The van der Waals surface area contributed by atoms with E-state index in [2.05, 4.69) is 15.2 Å². The van der Waals surface area contributed by atoms with Crippen LogP contribution < -0.4 is 10.5 Å². The van der Waals surface area contributed by atoms with E-state index in [1.807, 2.05) is 35.8 Å². The standard InChI is InChI=1S/C27H29ClFN5O3/c1-16-12-34(13-17(2)27(16,37)18-3-5-19(28)6-4-18)26(36)22-15-33(24-9-10-25(35)32-31-24)14-21(22)23-8-7-20(29)11-30-23/h3-11,16-17,21-22,37H,12-15H2,1-2H3,(H,32,35)/t16-,17+,21-,22-,27-/m1/s1. The van der Waals surface area contributed by atoms with Gasteiger partial charge in [0.05, 0.1) is 17.7 Å². The smallest absolute Gasteiger partial charge is 0.264 e. The van der Waals surface area contributed by atoms with Gasteiger partial charge in [0, 0.05) is 60.7 Å². The van der Waals surface area contributed by atoms with Gasteiger partial charge < -0.3 is 14.9 Å². The number of rotatable bonds is 4. The molecule has 0 saturated carbocycles. The molecule has 8 nitrogen and oxygen atoms in total. The second-order valence-electron chi connectivity index (χ2n) is 10.2. The molecular weight excluding hydrogens is 497 g/mol. The van der Waals surface area contributed by atoms with Crippen molar-refractivity contribution in [3.63, 3.8) is 0 Å². The molecule has 194 valence electrons. The molecule has 0 aliphatic carbocycles. The Morgan fingerprint density at radius 1 is 1.05 bits per heavy atom. The normalized spacial score (nSPS) is 27.9. The number of amides is 1. The van der Waals surface area contributed by atoms with Gasteiger partial charge in [-0.1, -0.05) is 37.6 Å². The molecule has 4 heterocycles. The highest BCUT2D eigenvalue weighted by molar-refractivity contribution is 6.30. The highest BCUT2D eigenvalue weighted by atomic mass is 35.5. The van der Waals surface area contributed by atoms with Crippen molar-refractivity contribution in [3.8, 4) is 0 Å². The zero-order valence-electron chi connectivity index (χ0n) is 20.6. The quantitative estimate of drug-likeness (QED) is 0.542. The van der Waals surface area contributed by atoms with Crippen molar-refractivity contribution in [2.75, 3.05) is 31.1 Å². The van der Waals surface area contributed by atoms with Crippen LogP contribution in [0.4, 0.5) is 10.2 Å². The van der Waals surface area contributed by atoms with E-state index < -0.39 is 17.3 Å². The van der Waals surface area contributed by atoms with Crippen molar-refractivity contribution in [2.45, 2.75) is 25.4 Å². The number of aliphatic hydroxyl groups is 1. The third kappa shape index (κ3) is 4.73. The molecule has 10 heteroatoms. The summed E-state index contributed by atoms with van der Waals surface area (Å²) in [5.74, 6) is -1.11. The van der Waals surface area contributed by atoms with Crippen molar-refractivity contribution in [1.29, 1.82) is 0 Å². The summed E-state index contributed by atoms with van der Waals surface area (Å²) in [5.41, 5.74) is 0.00805. The largest absolute Gasteiger partial charge is 0.384 e. The van der Waals surface area contributed by atoms with Crippen molar-refractivity contribution in [2.24, 2.45) is 17.8 Å². The molecule has 5 rings (SSSR count). The number of aromatic nitrogens is 3. The second kappa shape index (κ2) is 9.87. The molecule has 2 aliphatic rings. The molecule has 2 fully saturated rings. The molecule has 0 unspecified atom stereocenters. The number of nitrogens with zero attached hydrogens (tertiary/aromatic N) is 4. The number of halogens is 2. The third-order valence-corrected chi connectivity index (χ3v) is 8.12. The zero-order chi connectivity index (χ0) is 26.3. The summed E-state index contributed by atoms with van der Waals surface area (Å²) >= 11 is 6.06. The molecule has 2 aliphatic heterocycles. The molecule has 0 radical (unpaired) electrons. The zero-order valence-corrected chi connectivity index (χ0v) is 21.4. The van der Waals surface area contributed by atoms with Crippen molar-refractivity contribution in [1.82, 2.24) is 20.1 Å². The number of hydrogen-bond donors (Lipinski definition) is 2. The number of carbonyl (C=O) groups excluding carboxylic acids is 1. The Morgan fingerprint density at radius 2 is 1.76 bits per heavy atom. The van der Waals surface area contributed by atoms with Crippen molar-refractivity contribution in [3.05, 3.63) is 87.2 Å². The van der Waals surface area contributed by atoms with Crippen LogP contribution in [0.15, 0.2) is 59.5 Å². The number of hydrogen-bond acceptors (Lipinski definition) is 6. The molecule has 0 spiro atoms. The van der Waals surface area contributed by atoms with E-state index in [-0.39, 0.29) is 29.2 Å². The van der Waals surface area contributed by atoms with Crippen LogP contribution in [0.25, 0.3) is 0 Å². The van der Waals surface area contributed by atoms with Gasteiger partial charge in [0.2, 0.25) is 5.91 Å². The average molecular weight is 526 g/mol. The van der Waals surface area contributed by atoms with E-state index in [1.165, 1.54) is 12.1 Å². The fourth-order valence-corrected chi connectivity index (χ4v) is 5.99. The fourth-order valence-electron chi connectivity index (χ4n) is 5.86. The molecule has 1 aromatic carbocycles. The maximum Gasteiger partial charge on any atom is 0.264 e. The van der Waals surface area contributed by atoms with Crippen molar-refractivity contribution >= 4 is 23.3 Å². The van der Waals surface area contributed by atoms with Gasteiger partial charge in [0.25, 0.3) is 5.56 Å². The molecule has 3 aromatic rings. The Bertz CT molecular complexity index is 1300. The highest BCUT2D eigenvalue weighted by Crippen LogP contribution is 2.43. The van der Waals surface area contributed by atoms with Gasteiger partial charge in [-0.25, -0.2) is 9.49 Å². The van der Waals surface area contributed by atoms with Gasteiger partial charge in [0.1, 0.15) is 11.6 Å². The van der Waals surface area contributed by atoms with Crippen LogP contribution in [-0.4, -0.2) is 57.3 Å². The van der Waals surface area contributed by atoms with E-state index >= 15 is 0 Å². The van der Waals surface area contributed by atoms with E-state index in [1.54, 1.807) is 24.3 Å². The summed E-state index contributed by atoms with van der Waals surface area (Å²) < 4.78 is 13.6. The Balaban J connectivity index is 1.41. The molecule has 0 bridgehead atoms. The first-order valence-electron chi connectivity index (χ1n) is 12.4. The summed E-state index contributed by atoms with van der Waals surface area (Å²) in [6.07, 6.45) is 1.16. The number of anilines is 1. The van der Waals surface area contributed by atoms with Crippen LogP contribution in [0.1, 0.15) is 31.0 Å². The first-order valence-corrected chi connectivity index (χ1v) is 12.7. The summed E-state index contributed by atoms with van der Waals surface area (Å²) in [5, 5.41) is 18.9. The number of benzene rings is 1. The van der Waals surface area contributed by atoms with E-state index in [0.29, 0.717) is 42.7 Å². The SMILES string of the molecule is C[C@@H]1CN(C(=O)[C@@H]2CN(c3ccc(=O)[nH]n3)C[C@H]2c2ccc(F)cn2)C[C@H](C)[C@@]1(O)c1ccc(Cl)cc1. The topological polar surface area (TPSA) is 102 Å². The molecule has 1 amide bonds. The van der Waals surface area contributed by atoms with Gasteiger partial charge >= 0.3 is 0 Å². The van der Waals surface area contributed by atoms with Gasteiger partial charge in [-0.3, -0.25) is 14.6 Å². The minimum Gasteiger partial charge on any atom is -0.384 e. The number of H-pyrrole nitrogens is 1. The molecule has 2 aromatic heterocycles. The predicted molar refractivity (Wildman–Crippen MR) is 138 cm³/mol. The second-order valence-corrected chi connectivity index (χ2v) is 10.6. The van der Waals surface area contributed by atoms with Crippen LogP contribution in [0.5, 0.6) is 0 Å². The summed E-state index contributed by atoms with van der Waals surface area (Å²) in [4.78, 5) is 33.5. The maximum atomic E-state index is 14.0. The van der Waals surface area contributed by atoms with Crippen LogP contribution in [0, 0.1) is 23.6 Å². The molecule has 2 N–H and O–H groups in total. The lowest BCUT2D eigenvalue weighted by Gasteiger charge is -2.48. The lowest BCUT2D eigenvalue weighted by Crippen LogP contribution is -2.57. The fraction of sp³-hybridized carbons (Fsp3) is 0.407. The number of aromatic amines is 1. The van der Waals surface area contributed by atoms with Gasteiger partial charge in [0.15, 0.2) is 0 Å². The van der Waals surface area contributed by atoms with Crippen LogP contribution >= 0.6 is 11.6 Å². The maximum absolute atomic E-state index is 14.0. The number of piperidine rings is 1. The number of likely N-dealkylation sites (tertiary alicyclic amines) is 1. The Hall–Kier alpha value is -3.30. The van der Waals surface area contributed by atoms with Gasteiger partial charge in [-0.05, 0) is 35.9 Å². The number of nitrogens with one attached hydrogen (secondary N) is 1. The Morgan fingerprint density at radius 3 is 2.35 bits per heavy atom. The minimum absolute atomic E-state index is 0.0418. The van der Waals surface area contributed by atoms with Crippen LogP contribution in [0.2, 0.25) is 5.02 Å². The average Bonchev–Trinajstić information content (AvgIpc) is 3.33. The monoisotopic (exact) mass is 525 g/mol. The minimum atomic E-state index is -1.10. The van der Waals surface area contributed by atoms with Crippen molar-refractivity contribution < 1.29 is 14.3 Å². The van der Waals surface area contributed by atoms with Crippen LogP contribution in [0.3, 0.4) is 0 Å². The van der Waals surface area contributed by atoms with E-state index in [4.69, 9.17) is 11.6 Å².